The Morgan fingerprint density at radius 1 is 1.16 bits per heavy atom. The highest BCUT2D eigenvalue weighted by molar-refractivity contribution is 7.99. The molecule has 1 aromatic carbocycles. The van der Waals surface area contributed by atoms with E-state index < -0.39 is 0 Å². The van der Waals surface area contributed by atoms with Crippen LogP contribution in [0.2, 0.25) is 5.02 Å². The molecule has 6 nitrogen and oxygen atoms in total. The number of benzene rings is 1. The number of halogens is 1. The molecule has 25 heavy (non-hydrogen) atoms. The van der Waals surface area contributed by atoms with Crippen molar-refractivity contribution >= 4 is 35.0 Å². The molecule has 0 aliphatic carbocycles. The molecule has 0 fully saturated rings. The zero-order valence-electron chi connectivity index (χ0n) is 13.8. The van der Waals surface area contributed by atoms with Crippen LogP contribution in [0.15, 0.2) is 58.5 Å². The average Bonchev–Trinajstić information content (AvgIpc) is 3.06. The summed E-state index contributed by atoms with van der Waals surface area (Å²) in [6.07, 6.45) is 1.95. The number of nitrogens with zero attached hydrogens (tertiary/aromatic N) is 4. The molecule has 0 unspecified atom stereocenters. The number of pyridine rings is 1. The zero-order valence-corrected chi connectivity index (χ0v) is 15.4. The molecule has 3 rings (SSSR count). The average molecular weight is 375 g/mol. The molecule has 0 radical (unpaired) electrons. The molecule has 0 saturated heterocycles. The van der Waals surface area contributed by atoms with Crippen molar-refractivity contribution in [3.63, 3.8) is 0 Å². The van der Waals surface area contributed by atoms with Crippen molar-refractivity contribution in [3.05, 3.63) is 59.5 Å². The van der Waals surface area contributed by atoms with E-state index in [1.54, 1.807) is 18.8 Å². The minimum Gasteiger partial charge on any atom is -0.356 e. The fraction of sp³-hybridized carbons (Fsp3) is 0.235. The Morgan fingerprint density at radius 3 is 2.80 bits per heavy atom. The van der Waals surface area contributed by atoms with Crippen LogP contribution in [0.5, 0.6) is 0 Å². The Balaban J connectivity index is 1.44. The maximum absolute atomic E-state index is 5.89. The molecule has 2 N–H and O–H groups in total. The third-order valence-electron chi connectivity index (χ3n) is 3.50. The van der Waals surface area contributed by atoms with Crippen molar-refractivity contribution in [3.8, 4) is 0 Å². The van der Waals surface area contributed by atoms with Gasteiger partial charge in [0, 0.05) is 35.5 Å². The van der Waals surface area contributed by atoms with E-state index in [4.69, 9.17) is 11.6 Å². The van der Waals surface area contributed by atoms with Gasteiger partial charge in [0.25, 0.3) is 0 Å². The number of hydrogen-bond acceptors (Lipinski definition) is 4. The van der Waals surface area contributed by atoms with Crippen molar-refractivity contribution in [2.75, 3.05) is 19.3 Å². The lowest BCUT2D eigenvalue weighted by molar-refractivity contribution is 0.773. The van der Waals surface area contributed by atoms with Crippen molar-refractivity contribution in [1.29, 1.82) is 0 Å². The fourth-order valence-electron chi connectivity index (χ4n) is 2.26. The van der Waals surface area contributed by atoms with Gasteiger partial charge in [0.2, 0.25) is 0 Å². The van der Waals surface area contributed by atoms with Gasteiger partial charge in [0.1, 0.15) is 0 Å². The first kappa shape index (κ1) is 17.6. The van der Waals surface area contributed by atoms with Gasteiger partial charge in [0.15, 0.2) is 17.4 Å². The van der Waals surface area contributed by atoms with Gasteiger partial charge in [-0.25, -0.2) is 0 Å². The topological polar surface area (TPSA) is 66.6 Å². The number of thioether (sulfide) groups is 1. The van der Waals surface area contributed by atoms with Gasteiger partial charge in [-0.2, -0.15) is 0 Å². The molecule has 2 heterocycles. The minimum absolute atomic E-state index is 0.551. The number of guanidine groups is 1. The Labute approximate surface area is 155 Å². The van der Waals surface area contributed by atoms with Crippen molar-refractivity contribution < 1.29 is 0 Å². The summed E-state index contributed by atoms with van der Waals surface area (Å²) in [7, 11) is 1.75. The van der Waals surface area contributed by atoms with Gasteiger partial charge in [-0.1, -0.05) is 17.7 Å². The zero-order chi connectivity index (χ0) is 17.5. The molecular formula is C17H19ClN6S. The molecule has 0 saturated carbocycles. The van der Waals surface area contributed by atoms with Gasteiger partial charge in [-0.05, 0) is 36.4 Å². The monoisotopic (exact) mass is 374 g/mol. The van der Waals surface area contributed by atoms with E-state index in [1.807, 2.05) is 53.1 Å². The number of hydrogen-bond donors (Lipinski definition) is 2. The summed E-state index contributed by atoms with van der Waals surface area (Å²) >= 11 is 7.66. The van der Waals surface area contributed by atoms with E-state index in [1.165, 1.54) is 4.90 Å². The molecule has 3 aromatic rings. The second kappa shape index (κ2) is 8.73. The molecule has 0 amide bonds. The lowest BCUT2D eigenvalue weighted by atomic mass is 10.4. The highest BCUT2D eigenvalue weighted by Gasteiger charge is 2.05. The summed E-state index contributed by atoms with van der Waals surface area (Å²) in [5.74, 6) is 2.51. The van der Waals surface area contributed by atoms with E-state index in [9.17, 15) is 0 Å². The summed E-state index contributed by atoms with van der Waals surface area (Å²) in [6, 6.07) is 13.7. The second-order valence-electron chi connectivity index (χ2n) is 5.20. The molecule has 0 bridgehead atoms. The number of fused-ring (bicyclic) bond motifs is 1. The lowest BCUT2D eigenvalue weighted by Gasteiger charge is -2.11. The Kier molecular flexibility index (Phi) is 6.14. The summed E-state index contributed by atoms with van der Waals surface area (Å²) in [5.41, 5.74) is 0.835. The largest absolute Gasteiger partial charge is 0.356 e. The van der Waals surface area contributed by atoms with Crippen LogP contribution in [0.4, 0.5) is 0 Å². The standard InChI is InChI=1S/C17H19ClN6S/c1-19-17(20-9-11-25-14-7-5-13(18)6-8-14)21-12-16-23-22-15-4-2-3-10-24(15)16/h2-8,10H,9,11-12H2,1H3,(H2,19,20,21). The van der Waals surface area contributed by atoms with Crippen molar-refractivity contribution in [1.82, 2.24) is 25.2 Å². The Hall–Kier alpha value is -2.25. The first-order chi connectivity index (χ1) is 12.3. The van der Waals surface area contributed by atoms with Crippen molar-refractivity contribution in [2.24, 2.45) is 4.99 Å². The molecule has 0 atom stereocenters. The molecule has 0 aliphatic heterocycles. The Bertz CT molecular complexity index is 846. The predicted octanol–water partition coefficient (Wildman–Crippen LogP) is 2.84. The molecular weight excluding hydrogens is 356 g/mol. The maximum atomic E-state index is 5.89. The van der Waals surface area contributed by atoms with Gasteiger partial charge in [-0.15, -0.1) is 22.0 Å². The molecule has 130 valence electrons. The summed E-state index contributed by atoms with van der Waals surface area (Å²) in [4.78, 5) is 5.43. The van der Waals surface area contributed by atoms with Crippen LogP contribution in [-0.4, -0.2) is 39.9 Å². The summed E-state index contributed by atoms with van der Waals surface area (Å²) in [6.45, 7) is 1.35. The molecule has 8 heteroatoms. The number of nitrogens with one attached hydrogen (secondary N) is 2. The highest BCUT2D eigenvalue weighted by atomic mass is 35.5. The first-order valence-corrected chi connectivity index (χ1v) is 9.24. The summed E-state index contributed by atoms with van der Waals surface area (Å²) in [5, 5.41) is 15.6. The minimum atomic E-state index is 0.551. The third kappa shape index (κ3) is 4.87. The maximum Gasteiger partial charge on any atom is 0.191 e. The SMILES string of the molecule is CN=C(NCCSc1ccc(Cl)cc1)NCc1nnc2ccccn12. The van der Waals surface area contributed by atoms with E-state index in [2.05, 4.69) is 25.8 Å². The highest BCUT2D eigenvalue weighted by Crippen LogP contribution is 2.19. The molecule has 0 spiro atoms. The van der Waals surface area contributed by atoms with Gasteiger partial charge in [-0.3, -0.25) is 9.39 Å². The van der Waals surface area contributed by atoms with Crippen LogP contribution in [-0.2, 0) is 6.54 Å². The van der Waals surface area contributed by atoms with Crippen LogP contribution >= 0.6 is 23.4 Å². The van der Waals surface area contributed by atoms with Crippen LogP contribution in [0, 0.1) is 0 Å². The Morgan fingerprint density at radius 2 is 2.00 bits per heavy atom. The normalized spacial score (nSPS) is 11.7. The first-order valence-electron chi connectivity index (χ1n) is 7.88. The second-order valence-corrected chi connectivity index (χ2v) is 6.80. The van der Waals surface area contributed by atoms with Crippen LogP contribution in [0.25, 0.3) is 5.65 Å². The quantitative estimate of drug-likeness (QED) is 0.300. The molecule has 0 aliphatic rings. The van der Waals surface area contributed by atoms with E-state index >= 15 is 0 Å². The van der Waals surface area contributed by atoms with E-state index in [0.29, 0.717) is 6.54 Å². The van der Waals surface area contributed by atoms with Crippen molar-refractivity contribution in [2.45, 2.75) is 11.4 Å². The van der Waals surface area contributed by atoms with E-state index in [0.717, 1.165) is 34.8 Å². The van der Waals surface area contributed by atoms with Crippen LogP contribution in [0.3, 0.4) is 0 Å². The predicted molar refractivity (Wildman–Crippen MR) is 103 cm³/mol. The van der Waals surface area contributed by atoms with Crippen LogP contribution < -0.4 is 10.6 Å². The number of aromatic nitrogens is 3. The van der Waals surface area contributed by atoms with Crippen LogP contribution in [0.1, 0.15) is 5.82 Å². The fourth-order valence-corrected chi connectivity index (χ4v) is 3.16. The number of aliphatic imine (C=N–C) groups is 1. The van der Waals surface area contributed by atoms with Gasteiger partial charge < -0.3 is 10.6 Å². The van der Waals surface area contributed by atoms with Gasteiger partial charge >= 0.3 is 0 Å². The number of rotatable bonds is 6. The molecule has 2 aromatic heterocycles. The van der Waals surface area contributed by atoms with E-state index in [-0.39, 0.29) is 0 Å². The lowest BCUT2D eigenvalue weighted by Crippen LogP contribution is -2.38. The third-order valence-corrected chi connectivity index (χ3v) is 4.76. The van der Waals surface area contributed by atoms with Gasteiger partial charge in [0.05, 0.1) is 6.54 Å². The summed E-state index contributed by atoms with van der Waals surface area (Å²) < 4.78 is 1.96. The smallest absolute Gasteiger partial charge is 0.191 e.